The lowest BCUT2D eigenvalue weighted by Gasteiger charge is -2.10. The first-order valence-corrected chi connectivity index (χ1v) is 8.96. The van der Waals surface area contributed by atoms with Gasteiger partial charge in [0.25, 0.3) is 0 Å². The maximum atomic E-state index is 6.18. The summed E-state index contributed by atoms with van der Waals surface area (Å²) in [6, 6.07) is 10.4. The van der Waals surface area contributed by atoms with Crippen LogP contribution in [0.1, 0.15) is 17.2 Å². The van der Waals surface area contributed by atoms with Crippen molar-refractivity contribution in [2.24, 2.45) is 0 Å². The number of nitrogens with two attached hydrogens (primary N) is 2. The van der Waals surface area contributed by atoms with E-state index in [4.69, 9.17) is 28.2 Å². The van der Waals surface area contributed by atoms with E-state index in [9.17, 15) is 0 Å². The Morgan fingerprint density at radius 3 is 2.48 bits per heavy atom. The van der Waals surface area contributed by atoms with Gasteiger partial charge in [-0.15, -0.1) is 0 Å². The van der Waals surface area contributed by atoms with Gasteiger partial charge in [0.2, 0.25) is 0 Å². The van der Waals surface area contributed by atoms with Gasteiger partial charge in [0.05, 0.1) is 17.1 Å². The van der Waals surface area contributed by atoms with Gasteiger partial charge in [-0.1, -0.05) is 35.9 Å². The quantitative estimate of drug-likeness (QED) is 0.520. The van der Waals surface area contributed by atoms with Crippen LogP contribution in [0.5, 0.6) is 0 Å². The number of fused-ring (bicyclic) bond motifs is 2. The molecule has 7 nitrogen and oxygen atoms in total. The summed E-state index contributed by atoms with van der Waals surface area (Å²) < 4.78 is 1.95. The molecule has 1 aromatic carbocycles. The molecule has 134 valence electrons. The van der Waals surface area contributed by atoms with E-state index >= 15 is 0 Å². The molecule has 8 heteroatoms. The fourth-order valence-corrected chi connectivity index (χ4v) is 3.86. The van der Waals surface area contributed by atoms with Crippen LogP contribution in [0.2, 0.25) is 5.15 Å². The first kappa shape index (κ1) is 16.0. The molecule has 0 aliphatic heterocycles. The highest BCUT2D eigenvalue weighted by Crippen LogP contribution is 2.36. The number of nitrogen functional groups attached to an aromatic ring is 2. The van der Waals surface area contributed by atoms with Gasteiger partial charge in [-0.05, 0) is 30.0 Å². The Labute approximate surface area is 160 Å². The van der Waals surface area contributed by atoms with Crippen LogP contribution < -0.4 is 11.5 Å². The zero-order valence-corrected chi connectivity index (χ0v) is 15.1. The van der Waals surface area contributed by atoms with E-state index in [1.807, 2.05) is 4.68 Å². The van der Waals surface area contributed by atoms with E-state index in [1.165, 1.54) is 17.5 Å². The van der Waals surface area contributed by atoms with E-state index in [1.54, 1.807) is 12.3 Å². The largest absolute Gasteiger partial charge is 0.396 e. The standard InChI is InChI=1S/C19H16ClN7/c20-17-14(21)7-12(8-23-17)16-15-18(22)24-9-25-19(15)27(26-16)13-5-10-3-1-2-4-11(10)6-13/h1-4,7-9,13H,5-6,21H2,(H2,22,24,25). The number of nitrogens with zero attached hydrogens (tertiary/aromatic N) is 5. The monoisotopic (exact) mass is 377 g/mol. The zero-order valence-electron chi connectivity index (χ0n) is 14.3. The summed E-state index contributed by atoms with van der Waals surface area (Å²) >= 11 is 5.97. The average Bonchev–Trinajstić information content (AvgIpc) is 3.26. The van der Waals surface area contributed by atoms with Crippen molar-refractivity contribution in [1.29, 1.82) is 0 Å². The summed E-state index contributed by atoms with van der Waals surface area (Å²) in [5.41, 5.74) is 17.3. The minimum Gasteiger partial charge on any atom is -0.396 e. The minimum atomic E-state index is 0.172. The molecule has 0 saturated heterocycles. The van der Waals surface area contributed by atoms with Gasteiger partial charge < -0.3 is 11.5 Å². The molecular formula is C19H16ClN7. The summed E-state index contributed by atoms with van der Waals surface area (Å²) in [6.45, 7) is 0. The number of aromatic nitrogens is 5. The van der Waals surface area contributed by atoms with E-state index in [0.717, 1.165) is 18.4 Å². The molecule has 0 saturated carbocycles. The Hall–Kier alpha value is -3.19. The van der Waals surface area contributed by atoms with Gasteiger partial charge in [-0.25, -0.2) is 19.6 Å². The highest BCUT2D eigenvalue weighted by atomic mass is 35.5. The van der Waals surface area contributed by atoms with Crippen molar-refractivity contribution in [3.63, 3.8) is 0 Å². The molecule has 1 aliphatic rings. The molecule has 0 unspecified atom stereocenters. The molecule has 3 heterocycles. The topological polar surface area (TPSA) is 109 Å². The first-order valence-electron chi connectivity index (χ1n) is 8.58. The van der Waals surface area contributed by atoms with Crippen LogP contribution in [0.3, 0.4) is 0 Å². The smallest absolute Gasteiger partial charge is 0.164 e. The van der Waals surface area contributed by atoms with Crippen molar-refractivity contribution in [1.82, 2.24) is 24.7 Å². The Balaban J connectivity index is 1.69. The lowest BCUT2D eigenvalue weighted by molar-refractivity contribution is 0.488. The van der Waals surface area contributed by atoms with Crippen LogP contribution in [0.4, 0.5) is 11.5 Å². The van der Waals surface area contributed by atoms with Gasteiger partial charge >= 0.3 is 0 Å². The number of hydrogen-bond donors (Lipinski definition) is 2. The number of pyridine rings is 1. The molecule has 0 amide bonds. The number of anilines is 2. The van der Waals surface area contributed by atoms with Crippen molar-refractivity contribution >= 4 is 34.1 Å². The second kappa shape index (κ2) is 5.92. The molecule has 3 aromatic heterocycles. The molecule has 4 N–H and O–H groups in total. The third-order valence-corrected chi connectivity index (χ3v) is 5.35. The van der Waals surface area contributed by atoms with Gasteiger partial charge in [-0.2, -0.15) is 5.10 Å². The summed E-state index contributed by atoms with van der Waals surface area (Å²) in [4.78, 5) is 12.8. The van der Waals surface area contributed by atoms with Gasteiger partial charge in [0.15, 0.2) is 10.8 Å². The molecule has 0 bridgehead atoms. The SMILES string of the molecule is Nc1cc(-c2nn(C3Cc4ccccc4C3)c3ncnc(N)c23)cnc1Cl. The second-order valence-electron chi connectivity index (χ2n) is 6.69. The number of benzene rings is 1. The number of hydrogen-bond acceptors (Lipinski definition) is 6. The molecule has 5 rings (SSSR count). The fraction of sp³-hybridized carbons (Fsp3) is 0.158. The normalized spacial score (nSPS) is 14.0. The number of halogens is 1. The third kappa shape index (κ3) is 2.50. The highest BCUT2D eigenvalue weighted by Gasteiger charge is 2.27. The summed E-state index contributed by atoms with van der Waals surface area (Å²) in [7, 11) is 0. The van der Waals surface area contributed by atoms with Crippen LogP contribution in [0, 0.1) is 0 Å². The van der Waals surface area contributed by atoms with Crippen molar-refractivity contribution in [3.8, 4) is 11.3 Å². The predicted octanol–water partition coefficient (Wildman–Crippen LogP) is 3.05. The molecule has 27 heavy (non-hydrogen) atoms. The van der Waals surface area contributed by atoms with Gasteiger partial charge in [0, 0.05) is 11.8 Å². The molecule has 0 fully saturated rings. The van der Waals surface area contributed by atoms with Crippen molar-refractivity contribution in [2.75, 3.05) is 11.5 Å². The summed E-state index contributed by atoms with van der Waals surface area (Å²) in [6.07, 6.45) is 4.91. The van der Waals surface area contributed by atoms with E-state index in [2.05, 4.69) is 39.2 Å². The minimum absolute atomic E-state index is 0.172. The molecule has 4 aromatic rings. The predicted molar refractivity (Wildman–Crippen MR) is 105 cm³/mol. The highest BCUT2D eigenvalue weighted by molar-refractivity contribution is 6.31. The Morgan fingerprint density at radius 1 is 1.04 bits per heavy atom. The maximum absolute atomic E-state index is 6.18. The van der Waals surface area contributed by atoms with Crippen LogP contribution in [0.15, 0.2) is 42.9 Å². The van der Waals surface area contributed by atoms with Crippen LogP contribution in [-0.2, 0) is 12.8 Å². The molecular weight excluding hydrogens is 362 g/mol. The molecule has 1 aliphatic carbocycles. The van der Waals surface area contributed by atoms with E-state index in [-0.39, 0.29) is 11.2 Å². The van der Waals surface area contributed by atoms with Gasteiger partial charge in [0.1, 0.15) is 17.8 Å². The Bertz CT molecular complexity index is 1160. The lowest BCUT2D eigenvalue weighted by atomic mass is 10.1. The number of rotatable bonds is 2. The molecule has 0 atom stereocenters. The van der Waals surface area contributed by atoms with Crippen molar-refractivity contribution in [2.45, 2.75) is 18.9 Å². The second-order valence-corrected chi connectivity index (χ2v) is 7.04. The lowest BCUT2D eigenvalue weighted by Crippen LogP contribution is -2.11. The molecule has 0 spiro atoms. The zero-order chi connectivity index (χ0) is 18.5. The Kier molecular flexibility index (Phi) is 3.51. The van der Waals surface area contributed by atoms with Crippen molar-refractivity contribution < 1.29 is 0 Å². The maximum Gasteiger partial charge on any atom is 0.164 e. The Morgan fingerprint density at radius 2 is 1.78 bits per heavy atom. The summed E-state index contributed by atoms with van der Waals surface area (Å²) in [5, 5.41) is 5.82. The fourth-order valence-electron chi connectivity index (χ4n) is 3.76. The van der Waals surface area contributed by atoms with Crippen LogP contribution in [0.25, 0.3) is 22.3 Å². The van der Waals surface area contributed by atoms with Crippen LogP contribution in [-0.4, -0.2) is 24.7 Å². The van der Waals surface area contributed by atoms with Crippen molar-refractivity contribution in [3.05, 3.63) is 59.1 Å². The van der Waals surface area contributed by atoms with E-state index in [0.29, 0.717) is 28.2 Å². The van der Waals surface area contributed by atoms with Crippen LogP contribution >= 0.6 is 11.6 Å². The molecule has 0 radical (unpaired) electrons. The average molecular weight is 378 g/mol. The summed E-state index contributed by atoms with van der Waals surface area (Å²) in [5.74, 6) is 0.380. The van der Waals surface area contributed by atoms with Gasteiger partial charge in [-0.3, -0.25) is 0 Å². The van der Waals surface area contributed by atoms with E-state index < -0.39 is 0 Å². The third-order valence-electron chi connectivity index (χ3n) is 5.03. The first-order chi connectivity index (χ1) is 13.1.